The number of ether oxygens (including phenoxy) is 1. The number of nitrogens with one attached hydrogen (secondary N) is 1. The number of rotatable bonds is 5. The van der Waals surface area contributed by atoms with Crippen LogP contribution >= 0.6 is 11.3 Å². The van der Waals surface area contributed by atoms with Gasteiger partial charge in [-0.2, -0.15) is 0 Å². The van der Waals surface area contributed by atoms with E-state index in [-0.39, 0.29) is 18.4 Å². The van der Waals surface area contributed by atoms with Gasteiger partial charge in [0.1, 0.15) is 6.61 Å². The minimum atomic E-state index is -0.0380. The minimum absolute atomic E-state index is 0.00593. The van der Waals surface area contributed by atoms with Crippen LogP contribution in [-0.4, -0.2) is 31.6 Å². The lowest BCUT2D eigenvalue weighted by Crippen LogP contribution is -2.41. The third kappa shape index (κ3) is 4.18. The van der Waals surface area contributed by atoms with Crippen molar-refractivity contribution in [2.24, 2.45) is 0 Å². The normalized spacial score (nSPS) is 14.8. The average molecular weight is 330 g/mol. The zero-order chi connectivity index (χ0) is 16.1. The lowest BCUT2D eigenvalue weighted by molar-refractivity contribution is -0.125. The van der Waals surface area contributed by atoms with Crippen LogP contribution in [0.4, 0.5) is 11.4 Å². The monoisotopic (exact) mass is 330 g/mol. The van der Waals surface area contributed by atoms with Crippen molar-refractivity contribution in [3.8, 4) is 0 Å². The highest BCUT2D eigenvalue weighted by Gasteiger charge is 2.19. The number of benzene rings is 1. The molecule has 2 aromatic rings. The number of hydrogen-bond donors (Lipinski definition) is 1. The Labute approximate surface area is 138 Å². The van der Waals surface area contributed by atoms with Gasteiger partial charge in [0.25, 0.3) is 5.91 Å². The van der Waals surface area contributed by atoms with Crippen LogP contribution in [0.15, 0.2) is 41.8 Å². The lowest BCUT2D eigenvalue weighted by Gasteiger charge is -2.26. The average Bonchev–Trinajstić information content (AvgIpc) is 3.08. The summed E-state index contributed by atoms with van der Waals surface area (Å²) in [6.07, 6.45) is 1.22. The Morgan fingerprint density at radius 1 is 1.26 bits per heavy atom. The van der Waals surface area contributed by atoms with Gasteiger partial charge in [-0.25, -0.2) is 0 Å². The van der Waals surface area contributed by atoms with E-state index in [1.54, 1.807) is 16.2 Å². The molecule has 1 aliphatic rings. The van der Waals surface area contributed by atoms with Gasteiger partial charge in [0.05, 0.1) is 6.61 Å². The van der Waals surface area contributed by atoms with Gasteiger partial charge in [0, 0.05) is 29.2 Å². The van der Waals surface area contributed by atoms with E-state index in [1.165, 1.54) is 4.88 Å². The maximum atomic E-state index is 12.0. The molecule has 1 aromatic carbocycles. The highest BCUT2D eigenvalue weighted by molar-refractivity contribution is 7.09. The summed E-state index contributed by atoms with van der Waals surface area (Å²) >= 11 is 1.66. The van der Waals surface area contributed by atoms with Crippen LogP contribution in [0.2, 0.25) is 0 Å². The van der Waals surface area contributed by atoms with Crippen molar-refractivity contribution in [3.63, 3.8) is 0 Å². The Balaban J connectivity index is 1.54. The first-order chi connectivity index (χ1) is 11.2. The van der Waals surface area contributed by atoms with E-state index < -0.39 is 0 Å². The Bertz CT molecular complexity index is 668. The number of nitrogens with zero attached hydrogens (tertiary/aromatic N) is 1. The number of anilines is 2. The second kappa shape index (κ2) is 7.39. The number of morpholine rings is 1. The summed E-state index contributed by atoms with van der Waals surface area (Å²) < 4.78 is 5.12. The molecule has 1 N–H and O–H groups in total. The van der Waals surface area contributed by atoms with E-state index >= 15 is 0 Å². The number of hydrogen-bond acceptors (Lipinski definition) is 4. The first-order valence-corrected chi connectivity index (χ1v) is 8.41. The zero-order valence-electron chi connectivity index (χ0n) is 12.7. The van der Waals surface area contributed by atoms with E-state index in [0.717, 1.165) is 17.8 Å². The molecule has 0 bridgehead atoms. The molecule has 0 spiro atoms. The standard InChI is InChI=1S/C17H18N2O3S/c20-16(8-7-15-2-1-11-23-15)18-13-3-5-14(6-4-13)19-9-10-22-12-17(19)21/h1-6,11H,7-10,12H2,(H,18,20). The van der Waals surface area contributed by atoms with Crippen LogP contribution in [-0.2, 0) is 20.7 Å². The molecule has 2 heterocycles. The molecule has 2 amide bonds. The second-order valence-corrected chi connectivity index (χ2v) is 6.30. The van der Waals surface area contributed by atoms with Crippen LogP contribution < -0.4 is 10.2 Å². The summed E-state index contributed by atoms with van der Waals surface area (Å²) in [5, 5.41) is 4.90. The molecule has 1 aromatic heterocycles. The van der Waals surface area contributed by atoms with Crippen LogP contribution in [0, 0.1) is 0 Å². The summed E-state index contributed by atoms with van der Waals surface area (Å²) in [7, 11) is 0. The predicted octanol–water partition coefficient (Wildman–Crippen LogP) is 2.68. The van der Waals surface area contributed by atoms with E-state index in [0.29, 0.717) is 19.6 Å². The van der Waals surface area contributed by atoms with Crippen molar-refractivity contribution in [2.75, 3.05) is 30.0 Å². The molecule has 0 aliphatic carbocycles. The summed E-state index contributed by atoms with van der Waals surface area (Å²) in [4.78, 5) is 26.7. The number of carbonyl (C=O) groups excluding carboxylic acids is 2. The molecule has 120 valence electrons. The highest BCUT2D eigenvalue weighted by atomic mass is 32.1. The fraction of sp³-hybridized carbons (Fsp3) is 0.294. The molecule has 1 fully saturated rings. The summed E-state index contributed by atoms with van der Waals surface area (Å²) in [5.74, 6) is -0.0439. The van der Waals surface area contributed by atoms with Crippen molar-refractivity contribution in [1.29, 1.82) is 0 Å². The molecule has 23 heavy (non-hydrogen) atoms. The van der Waals surface area contributed by atoms with Crippen LogP contribution in [0.5, 0.6) is 0 Å². The molecule has 1 saturated heterocycles. The van der Waals surface area contributed by atoms with Gasteiger partial charge in [-0.05, 0) is 42.1 Å². The van der Waals surface area contributed by atoms with Crippen molar-refractivity contribution < 1.29 is 14.3 Å². The SMILES string of the molecule is O=C(CCc1cccs1)Nc1ccc(N2CCOCC2=O)cc1. The van der Waals surface area contributed by atoms with Crippen molar-refractivity contribution in [2.45, 2.75) is 12.8 Å². The molecule has 0 radical (unpaired) electrons. The third-order valence-electron chi connectivity index (χ3n) is 3.63. The van der Waals surface area contributed by atoms with Gasteiger partial charge in [-0.15, -0.1) is 11.3 Å². The predicted molar refractivity (Wildman–Crippen MR) is 90.9 cm³/mol. The molecular weight excluding hydrogens is 312 g/mol. The van der Waals surface area contributed by atoms with Crippen LogP contribution in [0.3, 0.4) is 0 Å². The molecule has 6 heteroatoms. The van der Waals surface area contributed by atoms with E-state index in [9.17, 15) is 9.59 Å². The molecule has 5 nitrogen and oxygen atoms in total. The van der Waals surface area contributed by atoms with Crippen LogP contribution in [0.1, 0.15) is 11.3 Å². The third-order valence-corrected chi connectivity index (χ3v) is 4.56. The Kier molecular flexibility index (Phi) is 5.05. The molecular formula is C17H18N2O3S. The molecule has 3 rings (SSSR count). The largest absolute Gasteiger partial charge is 0.370 e. The van der Waals surface area contributed by atoms with E-state index in [1.807, 2.05) is 41.8 Å². The summed E-state index contributed by atoms with van der Waals surface area (Å²) in [6, 6.07) is 11.4. The van der Waals surface area contributed by atoms with Gasteiger partial charge < -0.3 is 15.0 Å². The zero-order valence-corrected chi connectivity index (χ0v) is 13.5. The second-order valence-electron chi connectivity index (χ2n) is 5.27. The van der Waals surface area contributed by atoms with Gasteiger partial charge in [0.15, 0.2) is 0 Å². The van der Waals surface area contributed by atoms with Crippen molar-refractivity contribution >= 4 is 34.5 Å². The summed E-state index contributed by atoms with van der Waals surface area (Å²) in [5.41, 5.74) is 1.57. The van der Waals surface area contributed by atoms with Crippen molar-refractivity contribution in [1.82, 2.24) is 0 Å². The molecule has 0 saturated carbocycles. The first-order valence-electron chi connectivity index (χ1n) is 7.53. The minimum Gasteiger partial charge on any atom is -0.370 e. The Hall–Kier alpha value is -2.18. The van der Waals surface area contributed by atoms with Gasteiger partial charge in [-0.1, -0.05) is 6.07 Å². The quantitative estimate of drug-likeness (QED) is 0.917. The van der Waals surface area contributed by atoms with Gasteiger partial charge >= 0.3 is 0 Å². The summed E-state index contributed by atoms with van der Waals surface area (Å²) in [6.45, 7) is 1.24. The fourth-order valence-electron chi connectivity index (χ4n) is 2.43. The maximum absolute atomic E-state index is 12.0. The fourth-order valence-corrected chi connectivity index (χ4v) is 3.14. The van der Waals surface area contributed by atoms with Crippen LogP contribution in [0.25, 0.3) is 0 Å². The number of carbonyl (C=O) groups is 2. The van der Waals surface area contributed by atoms with Crippen molar-refractivity contribution in [3.05, 3.63) is 46.7 Å². The first kappa shape index (κ1) is 15.7. The topological polar surface area (TPSA) is 58.6 Å². The Morgan fingerprint density at radius 3 is 2.78 bits per heavy atom. The number of aryl methyl sites for hydroxylation is 1. The van der Waals surface area contributed by atoms with Gasteiger partial charge in [-0.3, -0.25) is 9.59 Å². The number of thiophene rings is 1. The highest BCUT2D eigenvalue weighted by Crippen LogP contribution is 2.20. The smallest absolute Gasteiger partial charge is 0.253 e. The Morgan fingerprint density at radius 2 is 2.09 bits per heavy atom. The van der Waals surface area contributed by atoms with Gasteiger partial charge in [0.2, 0.25) is 5.91 Å². The lowest BCUT2D eigenvalue weighted by atomic mass is 10.2. The number of amides is 2. The molecule has 0 unspecified atom stereocenters. The van der Waals surface area contributed by atoms with E-state index in [4.69, 9.17) is 4.74 Å². The molecule has 0 atom stereocenters. The molecule has 1 aliphatic heterocycles. The van der Waals surface area contributed by atoms with E-state index in [2.05, 4.69) is 5.32 Å². The maximum Gasteiger partial charge on any atom is 0.253 e.